The van der Waals surface area contributed by atoms with Crippen LogP contribution in [0.2, 0.25) is 0 Å². The number of rotatable bonds is 5. The lowest BCUT2D eigenvalue weighted by atomic mass is 10.1. The number of imide groups is 1. The van der Waals surface area contributed by atoms with Crippen molar-refractivity contribution in [1.82, 2.24) is 9.80 Å². The molecule has 0 bridgehead atoms. The van der Waals surface area contributed by atoms with Crippen molar-refractivity contribution in [1.29, 1.82) is 0 Å². The molecular formula is C28H24FN3O3S. The van der Waals surface area contributed by atoms with Crippen molar-refractivity contribution in [3.05, 3.63) is 106 Å². The summed E-state index contributed by atoms with van der Waals surface area (Å²) in [7, 11) is 0. The molecule has 3 amide bonds. The molecule has 2 fully saturated rings. The Balaban J connectivity index is 1.26. The Labute approximate surface area is 213 Å². The molecule has 0 aromatic heterocycles. The summed E-state index contributed by atoms with van der Waals surface area (Å²) >= 11 is 0.905. The Bertz CT molecular complexity index is 1340. The van der Waals surface area contributed by atoms with Gasteiger partial charge in [-0.1, -0.05) is 54.6 Å². The molecule has 0 N–H and O–H groups in total. The van der Waals surface area contributed by atoms with Gasteiger partial charge in [-0.2, -0.15) is 0 Å². The van der Waals surface area contributed by atoms with Gasteiger partial charge >= 0.3 is 0 Å². The van der Waals surface area contributed by atoms with Crippen molar-refractivity contribution in [2.45, 2.75) is 6.54 Å². The van der Waals surface area contributed by atoms with E-state index in [2.05, 4.69) is 0 Å². The van der Waals surface area contributed by atoms with Crippen LogP contribution in [0.3, 0.4) is 0 Å². The van der Waals surface area contributed by atoms with Gasteiger partial charge in [0.25, 0.3) is 17.1 Å². The summed E-state index contributed by atoms with van der Waals surface area (Å²) in [5, 5.41) is -0.310. The van der Waals surface area contributed by atoms with Gasteiger partial charge in [0.2, 0.25) is 0 Å². The largest absolute Gasteiger partial charge is 0.366 e. The molecule has 3 aromatic rings. The summed E-state index contributed by atoms with van der Waals surface area (Å²) in [6, 6.07) is 23.1. The molecule has 2 aliphatic heterocycles. The summed E-state index contributed by atoms with van der Waals surface area (Å²) in [6.45, 7) is 2.27. The average molecular weight is 502 g/mol. The first-order chi connectivity index (χ1) is 17.5. The number of amides is 3. The van der Waals surface area contributed by atoms with Crippen molar-refractivity contribution < 1.29 is 18.8 Å². The highest BCUT2D eigenvalue weighted by atomic mass is 32.2. The number of piperazine rings is 1. The topological polar surface area (TPSA) is 60.9 Å². The number of hydrogen-bond acceptors (Lipinski definition) is 5. The van der Waals surface area contributed by atoms with Crippen molar-refractivity contribution in [2.75, 3.05) is 31.1 Å². The zero-order chi connectivity index (χ0) is 25.1. The van der Waals surface area contributed by atoms with Gasteiger partial charge in [0.05, 0.1) is 17.1 Å². The summed E-state index contributed by atoms with van der Waals surface area (Å²) in [5.74, 6) is -0.719. The molecule has 0 aliphatic carbocycles. The minimum absolute atomic E-state index is 0.115. The molecule has 2 saturated heterocycles. The Hall–Kier alpha value is -3.91. The van der Waals surface area contributed by atoms with E-state index in [1.54, 1.807) is 53.4 Å². The quantitative estimate of drug-likeness (QED) is 0.459. The monoisotopic (exact) mass is 501 g/mol. The lowest BCUT2D eigenvalue weighted by molar-refractivity contribution is -0.123. The number of hydrogen-bond donors (Lipinski definition) is 0. The number of benzene rings is 3. The van der Waals surface area contributed by atoms with Crippen LogP contribution in [0.25, 0.3) is 6.08 Å². The van der Waals surface area contributed by atoms with Crippen LogP contribution in [0, 0.1) is 5.82 Å². The predicted octanol–water partition coefficient (Wildman–Crippen LogP) is 5.02. The van der Waals surface area contributed by atoms with E-state index in [0.717, 1.165) is 17.3 Å². The number of para-hydroxylation sites is 1. The first-order valence-corrected chi connectivity index (χ1v) is 12.5. The smallest absolute Gasteiger partial charge is 0.293 e. The second kappa shape index (κ2) is 10.4. The number of halogens is 1. The maximum absolute atomic E-state index is 14.1. The number of carbonyl (C=O) groups excluding carboxylic acids is 3. The predicted molar refractivity (Wildman–Crippen MR) is 139 cm³/mol. The fraction of sp³-hybridized carbons (Fsp3) is 0.179. The number of anilines is 1. The summed E-state index contributed by atoms with van der Waals surface area (Å²) < 4.78 is 14.1. The first-order valence-electron chi connectivity index (χ1n) is 11.7. The molecule has 3 aromatic carbocycles. The van der Waals surface area contributed by atoms with Gasteiger partial charge in [0, 0.05) is 31.7 Å². The maximum Gasteiger partial charge on any atom is 0.293 e. The minimum Gasteiger partial charge on any atom is -0.366 e. The molecule has 0 atom stereocenters. The van der Waals surface area contributed by atoms with Crippen LogP contribution < -0.4 is 4.90 Å². The molecule has 2 heterocycles. The van der Waals surface area contributed by atoms with E-state index in [9.17, 15) is 18.8 Å². The van der Waals surface area contributed by atoms with E-state index < -0.39 is 0 Å². The lowest BCUT2D eigenvalue weighted by Crippen LogP contribution is -2.49. The third-order valence-electron chi connectivity index (χ3n) is 6.25. The van der Waals surface area contributed by atoms with Crippen LogP contribution in [0.1, 0.15) is 21.5 Å². The van der Waals surface area contributed by atoms with E-state index >= 15 is 0 Å². The molecular weight excluding hydrogens is 477 g/mol. The Morgan fingerprint density at radius 2 is 1.61 bits per heavy atom. The van der Waals surface area contributed by atoms with Crippen LogP contribution in [-0.4, -0.2) is 53.0 Å². The van der Waals surface area contributed by atoms with E-state index in [1.165, 1.54) is 11.0 Å². The maximum atomic E-state index is 14.1. The van der Waals surface area contributed by atoms with E-state index in [-0.39, 0.29) is 29.4 Å². The van der Waals surface area contributed by atoms with Gasteiger partial charge in [-0.3, -0.25) is 19.3 Å². The van der Waals surface area contributed by atoms with Crippen LogP contribution in [0.5, 0.6) is 0 Å². The zero-order valence-electron chi connectivity index (χ0n) is 19.5. The molecule has 36 heavy (non-hydrogen) atoms. The van der Waals surface area contributed by atoms with Gasteiger partial charge in [-0.15, -0.1) is 0 Å². The van der Waals surface area contributed by atoms with Gasteiger partial charge in [-0.25, -0.2) is 4.39 Å². The third kappa shape index (κ3) is 5.04. The van der Waals surface area contributed by atoms with Crippen molar-refractivity contribution in [3.8, 4) is 0 Å². The highest BCUT2D eigenvalue weighted by Gasteiger charge is 2.35. The first kappa shape index (κ1) is 23.8. The van der Waals surface area contributed by atoms with Gasteiger partial charge < -0.3 is 9.80 Å². The molecule has 0 spiro atoms. The normalized spacial score (nSPS) is 17.2. The van der Waals surface area contributed by atoms with Crippen LogP contribution in [0.15, 0.2) is 83.8 Å². The molecule has 8 heteroatoms. The van der Waals surface area contributed by atoms with Crippen molar-refractivity contribution in [3.63, 3.8) is 0 Å². The summed E-state index contributed by atoms with van der Waals surface area (Å²) in [4.78, 5) is 43.7. The molecule has 0 radical (unpaired) electrons. The summed E-state index contributed by atoms with van der Waals surface area (Å²) in [6.07, 6.45) is 1.66. The molecule has 5 rings (SSSR count). The standard InChI is InChI=1S/C28H24FN3O3S/c29-23-11-4-5-12-24(23)30-13-15-31(16-14-30)26(33)22-10-6-9-21(17-22)18-25-27(34)32(28(35)36-25)19-20-7-2-1-3-8-20/h1-12,17-18H,13-16,19H2/b25-18-. The van der Waals surface area contributed by atoms with Crippen LogP contribution in [-0.2, 0) is 11.3 Å². The fourth-order valence-corrected chi connectivity index (χ4v) is 5.19. The van der Waals surface area contributed by atoms with E-state index in [1.807, 2.05) is 35.2 Å². The number of carbonyl (C=O) groups is 3. The third-order valence-corrected chi connectivity index (χ3v) is 7.16. The molecule has 2 aliphatic rings. The van der Waals surface area contributed by atoms with Gasteiger partial charge in [0.15, 0.2) is 0 Å². The highest BCUT2D eigenvalue weighted by Crippen LogP contribution is 2.33. The Kier molecular flexibility index (Phi) is 6.86. The zero-order valence-corrected chi connectivity index (χ0v) is 20.3. The van der Waals surface area contributed by atoms with Gasteiger partial charge in [0.1, 0.15) is 5.82 Å². The number of nitrogens with zero attached hydrogens (tertiary/aromatic N) is 3. The van der Waals surface area contributed by atoms with Crippen LogP contribution >= 0.6 is 11.8 Å². The second-order valence-electron chi connectivity index (χ2n) is 8.61. The minimum atomic E-state index is -0.338. The lowest BCUT2D eigenvalue weighted by Gasteiger charge is -2.36. The van der Waals surface area contributed by atoms with Crippen LogP contribution in [0.4, 0.5) is 14.9 Å². The Morgan fingerprint density at radius 1 is 0.889 bits per heavy atom. The van der Waals surface area contributed by atoms with Gasteiger partial charge in [-0.05, 0) is 53.2 Å². The molecule has 6 nitrogen and oxygen atoms in total. The van der Waals surface area contributed by atoms with E-state index in [4.69, 9.17) is 0 Å². The number of thioether (sulfide) groups is 1. The highest BCUT2D eigenvalue weighted by molar-refractivity contribution is 8.18. The van der Waals surface area contributed by atoms with Crippen molar-refractivity contribution >= 4 is 40.6 Å². The molecule has 0 unspecified atom stereocenters. The molecule has 0 saturated carbocycles. The summed E-state index contributed by atoms with van der Waals surface area (Å²) in [5.41, 5.74) is 2.61. The second-order valence-corrected chi connectivity index (χ2v) is 9.60. The fourth-order valence-electron chi connectivity index (χ4n) is 4.36. The SMILES string of the molecule is O=C(c1cccc(/C=C2\SC(=O)N(Cc3ccccc3)C2=O)c1)N1CCN(c2ccccc2F)CC1. The van der Waals surface area contributed by atoms with E-state index in [0.29, 0.717) is 47.9 Å². The van der Waals surface area contributed by atoms with Crippen molar-refractivity contribution in [2.24, 2.45) is 0 Å². The average Bonchev–Trinajstić information content (AvgIpc) is 3.16. The molecule has 182 valence electrons. The Morgan fingerprint density at radius 3 is 2.36 bits per heavy atom.